The first-order chi connectivity index (χ1) is 9.36. The third-order valence-electron chi connectivity index (χ3n) is 3.37. The number of anilines is 1. The Morgan fingerprint density at radius 1 is 1.40 bits per heavy atom. The molecule has 1 heterocycles. The van der Waals surface area contributed by atoms with Gasteiger partial charge in [-0.2, -0.15) is 4.31 Å². The van der Waals surface area contributed by atoms with Crippen LogP contribution in [0.1, 0.15) is 12.8 Å². The van der Waals surface area contributed by atoms with Gasteiger partial charge in [-0.1, -0.05) is 15.9 Å². The van der Waals surface area contributed by atoms with E-state index in [1.54, 1.807) is 12.1 Å². The number of rotatable bonds is 3. The molecule has 1 aliphatic rings. The first-order valence-corrected chi connectivity index (χ1v) is 9.24. The molecular formula is C12H16Br2N2O3S. The fraction of sp³-hybridized carbons (Fsp3) is 0.500. The van der Waals surface area contributed by atoms with Crippen molar-refractivity contribution >= 4 is 47.6 Å². The highest BCUT2D eigenvalue weighted by atomic mass is 79.9. The third-order valence-corrected chi connectivity index (χ3v) is 6.70. The predicted octanol–water partition coefficient (Wildman–Crippen LogP) is 2.19. The summed E-state index contributed by atoms with van der Waals surface area (Å²) in [4.78, 5) is 0.0966. The zero-order chi connectivity index (χ0) is 14.9. The van der Waals surface area contributed by atoms with Crippen LogP contribution in [0.3, 0.4) is 0 Å². The van der Waals surface area contributed by atoms with Crippen molar-refractivity contribution in [3.05, 3.63) is 21.1 Å². The van der Waals surface area contributed by atoms with Crippen molar-refractivity contribution in [1.29, 1.82) is 0 Å². The molecular weight excluding hydrogens is 412 g/mol. The summed E-state index contributed by atoms with van der Waals surface area (Å²) in [6.07, 6.45) is 1.60. The van der Waals surface area contributed by atoms with Crippen LogP contribution in [0.15, 0.2) is 26.0 Å². The molecule has 1 fully saturated rings. The molecule has 0 spiro atoms. The summed E-state index contributed by atoms with van der Waals surface area (Å²) in [5.41, 5.74) is 6.07. The number of nitrogens with two attached hydrogens (primary N) is 1. The molecule has 1 atom stereocenters. The van der Waals surface area contributed by atoms with Crippen LogP contribution < -0.4 is 5.73 Å². The summed E-state index contributed by atoms with van der Waals surface area (Å²) < 4.78 is 28.0. The van der Waals surface area contributed by atoms with Crippen LogP contribution in [-0.2, 0) is 10.0 Å². The number of sulfonamides is 1. The van der Waals surface area contributed by atoms with E-state index in [0.717, 1.165) is 12.8 Å². The van der Waals surface area contributed by atoms with Gasteiger partial charge in [-0.15, -0.1) is 0 Å². The normalized spacial score (nSPS) is 21.1. The molecule has 1 unspecified atom stereocenters. The average molecular weight is 428 g/mol. The van der Waals surface area contributed by atoms with Gasteiger partial charge in [0.1, 0.15) is 4.90 Å². The van der Waals surface area contributed by atoms with E-state index in [1.165, 1.54) is 4.31 Å². The summed E-state index contributed by atoms with van der Waals surface area (Å²) in [7, 11) is -3.65. The molecule has 0 aromatic heterocycles. The quantitative estimate of drug-likeness (QED) is 0.724. The Bertz CT molecular complexity index is 584. The molecule has 8 heteroatoms. The van der Waals surface area contributed by atoms with Crippen molar-refractivity contribution in [1.82, 2.24) is 4.31 Å². The van der Waals surface area contributed by atoms with E-state index in [1.807, 2.05) is 0 Å². The Kier molecular flexibility index (Phi) is 5.12. The second kappa shape index (κ2) is 6.31. The number of hydrogen-bond donors (Lipinski definition) is 2. The van der Waals surface area contributed by atoms with Crippen LogP contribution in [0.4, 0.5) is 5.69 Å². The molecule has 1 saturated heterocycles. The minimum Gasteiger partial charge on any atom is -0.398 e. The van der Waals surface area contributed by atoms with E-state index >= 15 is 0 Å². The molecule has 0 radical (unpaired) electrons. The lowest BCUT2D eigenvalue weighted by atomic mass is 10.0. The molecule has 5 nitrogen and oxygen atoms in total. The van der Waals surface area contributed by atoms with E-state index in [2.05, 4.69) is 31.9 Å². The Labute approximate surface area is 135 Å². The van der Waals surface area contributed by atoms with Crippen LogP contribution in [0.2, 0.25) is 0 Å². The minimum absolute atomic E-state index is 0.00299. The summed E-state index contributed by atoms with van der Waals surface area (Å²) in [6, 6.07) is 3.24. The second-order valence-corrected chi connectivity index (χ2v) is 8.50. The van der Waals surface area contributed by atoms with E-state index < -0.39 is 10.0 Å². The monoisotopic (exact) mass is 426 g/mol. The molecule has 20 heavy (non-hydrogen) atoms. The van der Waals surface area contributed by atoms with Crippen molar-refractivity contribution in [2.75, 3.05) is 25.4 Å². The van der Waals surface area contributed by atoms with Crippen molar-refractivity contribution in [3.63, 3.8) is 0 Å². The van der Waals surface area contributed by atoms with E-state index in [0.29, 0.717) is 22.0 Å². The number of halogens is 2. The number of aliphatic hydroxyl groups excluding tert-OH is 1. The molecule has 2 rings (SSSR count). The smallest absolute Gasteiger partial charge is 0.246 e. The lowest BCUT2D eigenvalue weighted by Gasteiger charge is -2.31. The van der Waals surface area contributed by atoms with Crippen molar-refractivity contribution in [2.45, 2.75) is 17.7 Å². The van der Waals surface area contributed by atoms with Gasteiger partial charge < -0.3 is 10.8 Å². The minimum atomic E-state index is -3.65. The van der Waals surface area contributed by atoms with Gasteiger partial charge in [-0.3, -0.25) is 0 Å². The van der Waals surface area contributed by atoms with Crippen LogP contribution in [-0.4, -0.2) is 37.5 Å². The maximum absolute atomic E-state index is 12.7. The fourth-order valence-corrected chi connectivity index (χ4v) is 5.94. The van der Waals surface area contributed by atoms with E-state index in [-0.39, 0.29) is 23.1 Å². The van der Waals surface area contributed by atoms with Crippen LogP contribution >= 0.6 is 31.9 Å². The molecule has 3 N–H and O–H groups in total. The SMILES string of the molecule is Nc1cc(Br)cc(Br)c1S(=O)(=O)N1CCCC(CO)C1. The van der Waals surface area contributed by atoms with Gasteiger partial charge in [-0.05, 0) is 46.8 Å². The Balaban J connectivity index is 2.40. The largest absolute Gasteiger partial charge is 0.398 e. The second-order valence-electron chi connectivity index (χ2n) is 4.86. The van der Waals surface area contributed by atoms with Gasteiger partial charge in [0.15, 0.2) is 0 Å². The summed E-state index contributed by atoms with van der Waals surface area (Å²) in [5.74, 6) is -0.00558. The molecule has 0 amide bonds. The number of nitrogens with zero attached hydrogens (tertiary/aromatic N) is 1. The molecule has 112 valence electrons. The number of aliphatic hydroxyl groups is 1. The maximum Gasteiger partial charge on any atom is 0.246 e. The summed E-state index contributed by atoms with van der Waals surface area (Å²) >= 11 is 6.55. The fourth-order valence-electron chi connectivity index (χ4n) is 2.38. The van der Waals surface area contributed by atoms with Gasteiger partial charge >= 0.3 is 0 Å². The predicted molar refractivity (Wildman–Crippen MR) is 84.8 cm³/mol. The van der Waals surface area contributed by atoms with Gasteiger partial charge in [0.2, 0.25) is 10.0 Å². The van der Waals surface area contributed by atoms with Gasteiger partial charge in [0.25, 0.3) is 0 Å². The van der Waals surface area contributed by atoms with Gasteiger partial charge in [0.05, 0.1) is 5.69 Å². The van der Waals surface area contributed by atoms with Crippen molar-refractivity contribution in [3.8, 4) is 0 Å². The topological polar surface area (TPSA) is 83.6 Å². The third kappa shape index (κ3) is 3.19. The van der Waals surface area contributed by atoms with Gasteiger partial charge in [-0.25, -0.2) is 8.42 Å². The van der Waals surface area contributed by atoms with E-state index in [4.69, 9.17) is 5.73 Å². The van der Waals surface area contributed by atoms with Gasteiger partial charge in [0, 0.05) is 28.6 Å². The van der Waals surface area contributed by atoms with E-state index in [9.17, 15) is 13.5 Å². The maximum atomic E-state index is 12.7. The molecule has 0 aliphatic carbocycles. The lowest BCUT2D eigenvalue weighted by molar-refractivity contribution is 0.165. The zero-order valence-electron chi connectivity index (χ0n) is 10.7. The molecule has 1 aromatic rings. The highest BCUT2D eigenvalue weighted by Crippen LogP contribution is 2.35. The van der Waals surface area contributed by atoms with Crippen molar-refractivity contribution in [2.24, 2.45) is 5.92 Å². The Morgan fingerprint density at radius 3 is 2.70 bits per heavy atom. The number of nitrogen functional groups attached to an aromatic ring is 1. The highest BCUT2D eigenvalue weighted by Gasteiger charge is 2.32. The number of hydrogen-bond acceptors (Lipinski definition) is 4. The molecule has 0 bridgehead atoms. The first kappa shape index (κ1) is 16.2. The summed E-state index contributed by atoms with van der Waals surface area (Å²) in [6.45, 7) is 0.796. The molecule has 1 aromatic carbocycles. The van der Waals surface area contributed by atoms with Crippen LogP contribution in [0.25, 0.3) is 0 Å². The van der Waals surface area contributed by atoms with Crippen molar-refractivity contribution < 1.29 is 13.5 Å². The molecule has 1 aliphatic heterocycles. The highest BCUT2D eigenvalue weighted by molar-refractivity contribution is 9.11. The zero-order valence-corrected chi connectivity index (χ0v) is 14.7. The lowest BCUT2D eigenvalue weighted by Crippen LogP contribution is -2.41. The van der Waals surface area contributed by atoms with Crippen LogP contribution in [0.5, 0.6) is 0 Å². The number of benzene rings is 1. The van der Waals surface area contributed by atoms with Crippen LogP contribution in [0, 0.1) is 5.92 Å². The average Bonchev–Trinajstić information content (AvgIpc) is 2.37. The standard InChI is InChI=1S/C12H16Br2N2O3S/c13-9-4-10(14)12(11(15)5-9)20(18,19)16-3-1-2-8(6-16)7-17/h4-5,8,17H,1-3,6-7,15H2. The number of piperidine rings is 1. The Morgan fingerprint density at radius 2 is 2.10 bits per heavy atom. The first-order valence-electron chi connectivity index (χ1n) is 6.21. The summed E-state index contributed by atoms with van der Waals surface area (Å²) in [5, 5.41) is 9.23. The Hall–Kier alpha value is -0.150. The molecule has 0 saturated carbocycles.